The Morgan fingerprint density at radius 3 is 1.70 bits per heavy atom. The fraction of sp³-hybridized carbons (Fsp3) is 0.905. The van der Waals surface area contributed by atoms with Crippen molar-refractivity contribution < 1.29 is 37.1 Å². The number of rotatable bonds is 21. The van der Waals surface area contributed by atoms with Crippen molar-refractivity contribution in [2.75, 3.05) is 19.8 Å². The largest absolute Gasteiger partial charge is 0.481 e. The Morgan fingerprint density at radius 2 is 1.23 bits per heavy atom. The first kappa shape index (κ1) is 28.8. The van der Waals surface area contributed by atoms with E-state index in [9.17, 15) is 18.0 Å². The summed E-state index contributed by atoms with van der Waals surface area (Å²) < 4.78 is 41.2. The maximum absolute atomic E-state index is 11.6. The lowest BCUT2D eigenvalue weighted by Crippen LogP contribution is -2.34. The van der Waals surface area contributed by atoms with Gasteiger partial charge in [0.05, 0.1) is 13.0 Å². The molecule has 9 heteroatoms. The van der Waals surface area contributed by atoms with Crippen LogP contribution in [-0.4, -0.2) is 55.1 Å². The van der Waals surface area contributed by atoms with Crippen LogP contribution in [0.2, 0.25) is 0 Å². The lowest BCUT2D eigenvalue weighted by Gasteiger charge is -2.11. The second-order valence-corrected chi connectivity index (χ2v) is 9.22. The van der Waals surface area contributed by atoms with Gasteiger partial charge in [-0.1, -0.05) is 77.6 Å². The van der Waals surface area contributed by atoms with Crippen LogP contribution in [0.25, 0.3) is 0 Å². The molecule has 2 N–H and O–H groups in total. The molecule has 0 fully saturated rings. The van der Waals surface area contributed by atoms with Crippen LogP contribution in [0.3, 0.4) is 0 Å². The van der Waals surface area contributed by atoms with Gasteiger partial charge in [-0.3, -0.25) is 14.1 Å². The first-order valence-corrected chi connectivity index (χ1v) is 12.7. The van der Waals surface area contributed by atoms with Gasteiger partial charge >= 0.3 is 11.9 Å². The number of hydrogen-bond donors (Lipinski definition) is 2. The Morgan fingerprint density at radius 1 is 0.767 bits per heavy atom. The zero-order valence-electron chi connectivity index (χ0n) is 18.4. The summed E-state index contributed by atoms with van der Waals surface area (Å²) in [5, 5.41) is 6.51. The SMILES string of the molecule is CCCCCCCCCCCCCCOCCCOC(=O)C(CC(=O)O)S(=O)(=O)O. The van der Waals surface area contributed by atoms with Crippen LogP contribution < -0.4 is 0 Å². The van der Waals surface area contributed by atoms with Gasteiger partial charge in [0.2, 0.25) is 0 Å². The molecule has 0 rings (SSSR count). The predicted molar refractivity (Wildman–Crippen MR) is 115 cm³/mol. The standard InChI is InChI=1S/C21H40O8S/c1-2-3-4-5-6-7-8-9-10-11-12-13-15-28-16-14-17-29-21(24)19(18-20(22)23)30(25,26)27/h19H,2-18H2,1H3,(H,22,23)(H,25,26,27). The number of unbranched alkanes of at least 4 members (excludes halogenated alkanes) is 11. The van der Waals surface area contributed by atoms with Crippen molar-refractivity contribution in [1.29, 1.82) is 0 Å². The highest BCUT2D eigenvalue weighted by Crippen LogP contribution is 2.12. The van der Waals surface area contributed by atoms with Crippen molar-refractivity contribution in [3.63, 3.8) is 0 Å². The Hall–Kier alpha value is -1.19. The molecule has 0 spiro atoms. The van der Waals surface area contributed by atoms with Gasteiger partial charge < -0.3 is 14.6 Å². The van der Waals surface area contributed by atoms with Gasteiger partial charge in [-0.15, -0.1) is 0 Å². The van der Waals surface area contributed by atoms with Crippen LogP contribution in [0.5, 0.6) is 0 Å². The monoisotopic (exact) mass is 452 g/mol. The van der Waals surface area contributed by atoms with Crippen LogP contribution in [0.15, 0.2) is 0 Å². The van der Waals surface area contributed by atoms with Gasteiger partial charge in [0.25, 0.3) is 10.1 Å². The molecule has 0 aliphatic heterocycles. The summed E-state index contributed by atoms with van der Waals surface area (Å²) in [5.41, 5.74) is 0. The number of carbonyl (C=O) groups excluding carboxylic acids is 1. The van der Waals surface area contributed by atoms with Gasteiger partial charge in [-0.2, -0.15) is 8.42 Å². The second-order valence-electron chi connectivity index (χ2n) is 7.62. The van der Waals surface area contributed by atoms with E-state index in [0.717, 1.165) is 12.8 Å². The van der Waals surface area contributed by atoms with Crippen LogP contribution >= 0.6 is 0 Å². The third kappa shape index (κ3) is 17.7. The molecule has 0 aliphatic carbocycles. The molecule has 30 heavy (non-hydrogen) atoms. The van der Waals surface area contributed by atoms with Crippen molar-refractivity contribution in [1.82, 2.24) is 0 Å². The lowest BCUT2D eigenvalue weighted by atomic mass is 10.1. The average Bonchev–Trinajstić information content (AvgIpc) is 2.67. The molecule has 0 saturated carbocycles. The molecule has 0 amide bonds. The summed E-state index contributed by atoms with van der Waals surface area (Å²) in [4.78, 5) is 22.2. The number of ether oxygens (including phenoxy) is 2. The van der Waals surface area contributed by atoms with E-state index in [-0.39, 0.29) is 6.61 Å². The van der Waals surface area contributed by atoms with Crippen LogP contribution in [0.4, 0.5) is 0 Å². The zero-order valence-corrected chi connectivity index (χ0v) is 19.2. The van der Waals surface area contributed by atoms with Gasteiger partial charge in [0, 0.05) is 19.6 Å². The van der Waals surface area contributed by atoms with Crippen LogP contribution in [-0.2, 0) is 29.2 Å². The quantitative estimate of drug-likeness (QED) is 0.149. The van der Waals surface area contributed by atoms with Crippen molar-refractivity contribution in [2.24, 2.45) is 0 Å². The minimum Gasteiger partial charge on any atom is -0.481 e. The third-order valence-electron chi connectivity index (χ3n) is 4.80. The van der Waals surface area contributed by atoms with E-state index in [0.29, 0.717) is 19.6 Å². The molecule has 178 valence electrons. The molecular weight excluding hydrogens is 412 g/mol. The molecule has 0 radical (unpaired) electrons. The van der Waals surface area contributed by atoms with E-state index in [1.807, 2.05) is 0 Å². The molecule has 0 aromatic rings. The Bertz CT molecular complexity index is 547. The Kier molecular flexibility index (Phi) is 17.8. The summed E-state index contributed by atoms with van der Waals surface area (Å²) in [6.45, 7) is 3.13. The molecule has 0 aromatic heterocycles. The van der Waals surface area contributed by atoms with Gasteiger partial charge in [0.1, 0.15) is 0 Å². The van der Waals surface area contributed by atoms with Gasteiger partial charge in [-0.25, -0.2) is 0 Å². The highest BCUT2D eigenvalue weighted by atomic mass is 32.2. The molecule has 0 saturated heterocycles. The smallest absolute Gasteiger partial charge is 0.327 e. The van der Waals surface area contributed by atoms with E-state index in [4.69, 9.17) is 19.1 Å². The number of carboxylic acid groups (broad SMARTS) is 1. The van der Waals surface area contributed by atoms with Crippen molar-refractivity contribution >= 4 is 22.1 Å². The van der Waals surface area contributed by atoms with Crippen LogP contribution in [0, 0.1) is 0 Å². The summed E-state index contributed by atoms with van der Waals surface area (Å²) in [7, 11) is -4.82. The predicted octanol–water partition coefficient (Wildman–Crippen LogP) is 4.37. The molecule has 8 nitrogen and oxygen atoms in total. The second kappa shape index (κ2) is 18.6. The number of carbonyl (C=O) groups is 2. The zero-order chi connectivity index (χ0) is 22.7. The minimum absolute atomic E-state index is 0.0943. The van der Waals surface area contributed by atoms with E-state index < -0.39 is 33.7 Å². The number of aliphatic carboxylic acids is 1. The van der Waals surface area contributed by atoms with Crippen molar-refractivity contribution in [3.8, 4) is 0 Å². The molecule has 1 atom stereocenters. The summed E-state index contributed by atoms with van der Waals surface area (Å²) >= 11 is 0. The number of hydrogen-bond acceptors (Lipinski definition) is 6. The third-order valence-corrected chi connectivity index (χ3v) is 5.88. The number of esters is 1. The highest BCUT2D eigenvalue weighted by Gasteiger charge is 2.34. The minimum atomic E-state index is -4.82. The highest BCUT2D eigenvalue weighted by molar-refractivity contribution is 7.87. The maximum atomic E-state index is 11.6. The van der Waals surface area contributed by atoms with Gasteiger partial charge in [0.15, 0.2) is 5.25 Å². The number of carboxylic acids is 1. The Balaban J connectivity index is 3.49. The summed E-state index contributed by atoms with van der Waals surface area (Å²) in [5.74, 6) is -2.78. The molecular formula is C21H40O8S. The fourth-order valence-electron chi connectivity index (χ4n) is 3.04. The topological polar surface area (TPSA) is 127 Å². The summed E-state index contributed by atoms with van der Waals surface area (Å²) in [6, 6.07) is 0. The lowest BCUT2D eigenvalue weighted by molar-refractivity contribution is -0.147. The van der Waals surface area contributed by atoms with E-state index in [1.54, 1.807) is 0 Å². The normalized spacial score (nSPS) is 12.6. The summed E-state index contributed by atoms with van der Waals surface area (Å²) in [6.07, 6.45) is 14.6. The molecule has 0 bridgehead atoms. The Labute approximate surface area is 181 Å². The maximum Gasteiger partial charge on any atom is 0.327 e. The fourth-order valence-corrected chi connectivity index (χ4v) is 3.71. The van der Waals surface area contributed by atoms with Crippen molar-refractivity contribution in [2.45, 2.75) is 102 Å². The van der Waals surface area contributed by atoms with E-state index in [2.05, 4.69) is 6.92 Å². The first-order valence-electron chi connectivity index (χ1n) is 11.2. The molecule has 1 unspecified atom stereocenters. The van der Waals surface area contributed by atoms with Crippen LogP contribution in [0.1, 0.15) is 96.8 Å². The van der Waals surface area contributed by atoms with E-state index in [1.165, 1.54) is 64.2 Å². The molecule has 0 aromatic carbocycles. The van der Waals surface area contributed by atoms with Gasteiger partial charge in [-0.05, 0) is 6.42 Å². The van der Waals surface area contributed by atoms with E-state index >= 15 is 0 Å². The molecule has 0 heterocycles. The molecule has 0 aliphatic rings. The average molecular weight is 453 g/mol. The van der Waals surface area contributed by atoms with Crippen molar-refractivity contribution in [3.05, 3.63) is 0 Å². The first-order chi connectivity index (χ1) is 14.3.